The van der Waals surface area contributed by atoms with Gasteiger partial charge in [-0.3, -0.25) is 14.7 Å². The monoisotopic (exact) mass is 351 g/mol. The zero-order chi connectivity index (χ0) is 16.6. The molecule has 0 saturated carbocycles. The molecule has 1 amide bonds. The first kappa shape index (κ1) is 16.1. The minimum atomic E-state index is -0.252. The molecule has 1 saturated heterocycles. The van der Waals surface area contributed by atoms with Crippen molar-refractivity contribution in [2.24, 2.45) is 11.7 Å². The Morgan fingerprint density at radius 1 is 1.30 bits per heavy atom. The Morgan fingerprint density at radius 3 is 2.70 bits per heavy atom. The summed E-state index contributed by atoms with van der Waals surface area (Å²) in [5.74, 6) is -0.283. The molecular weight excluding hydrogens is 337 g/mol. The molecule has 3 rings (SSSR count). The Balaban J connectivity index is 1.78. The van der Waals surface area contributed by atoms with Crippen molar-refractivity contribution in [1.82, 2.24) is 9.88 Å². The fraction of sp³-hybridized carbons (Fsp3) is 0.250. The first-order valence-corrected chi connectivity index (χ1v) is 7.84. The lowest BCUT2D eigenvalue weighted by atomic mass is 9.98. The van der Waals surface area contributed by atoms with E-state index in [9.17, 15) is 9.90 Å². The Kier molecular flexibility index (Phi) is 4.43. The molecule has 120 valence electrons. The highest BCUT2D eigenvalue weighted by atomic mass is 35.5. The fourth-order valence-corrected chi connectivity index (χ4v) is 2.92. The predicted octanol–water partition coefficient (Wildman–Crippen LogP) is 2.68. The van der Waals surface area contributed by atoms with E-state index in [1.54, 1.807) is 12.3 Å². The minimum Gasteiger partial charge on any atom is -0.507 e. The van der Waals surface area contributed by atoms with Crippen LogP contribution < -0.4 is 5.73 Å². The topological polar surface area (TPSA) is 79.5 Å². The van der Waals surface area contributed by atoms with Gasteiger partial charge in [-0.05, 0) is 23.8 Å². The number of carbonyl (C=O) groups excluding carboxylic acids is 1. The molecule has 0 bridgehead atoms. The molecule has 1 aromatic carbocycles. The highest BCUT2D eigenvalue weighted by Crippen LogP contribution is 2.35. The van der Waals surface area contributed by atoms with Crippen LogP contribution in [0.3, 0.4) is 0 Å². The third kappa shape index (κ3) is 3.42. The first-order valence-electron chi connectivity index (χ1n) is 7.09. The van der Waals surface area contributed by atoms with Crippen molar-refractivity contribution >= 4 is 29.1 Å². The molecule has 0 spiro atoms. The van der Waals surface area contributed by atoms with E-state index in [1.165, 1.54) is 6.07 Å². The van der Waals surface area contributed by atoms with Crippen LogP contribution in [0.1, 0.15) is 5.56 Å². The van der Waals surface area contributed by atoms with E-state index >= 15 is 0 Å². The van der Waals surface area contributed by atoms with Gasteiger partial charge in [-0.1, -0.05) is 23.2 Å². The highest BCUT2D eigenvalue weighted by Gasteiger charge is 2.30. The van der Waals surface area contributed by atoms with Gasteiger partial charge < -0.3 is 10.8 Å². The van der Waals surface area contributed by atoms with Crippen molar-refractivity contribution in [2.75, 3.05) is 13.1 Å². The molecule has 1 fully saturated rings. The van der Waals surface area contributed by atoms with Gasteiger partial charge in [0.1, 0.15) is 5.75 Å². The third-order valence-electron chi connectivity index (χ3n) is 3.90. The molecule has 1 aliphatic rings. The van der Waals surface area contributed by atoms with E-state index in [4.69, 9.17) is 28.9 Å². The number of aromatic hydroxyl groups is 1. The number of likely N-dealkylation sites (tertiary alicyclic amines) is 1. The summed E-state index contributed by atoms with van der Waals surface area (Å²) in [5, 5.41) is 10.7. The molecule has 1 aliphatic heterocycles. The zero-order valence-corrected chi connectivity index (χ0v) is 13.7. The van der Waals surface area contributed by atoms with Gasteiger partial charge in [0.2, 0.25) is 5.91 Å². The summed E-state index contributed by atoms with van der Waals surface area (Å²) >= 11 is 11.9. The quantitative estimate of drug-likeness (QED) is 0.887. The number of nitrogens with two attached hydrogens (primary N) is 1. The summed E-state index contributed by atoms with van der Waals surface area (Å²) in [4.78, 5) is 17.5. The summed E-state index contributed by atoms with van der Waals surface area (Å²) in [7, 11) is 0. The van der Waals surface area contributed by atoms with Gasteiger partial charge in [0.05, 0.1) is 21.7 Å². The maximum Gasteiger partial charge on any atom is 0.223 e. The van der Waals surface area contributed by atoms with E-state index < -0.39 is 0 Å². The molecule has 0 radical (unpaired) electrons. The van der Waals surface area contributed by atoms with Crippen molar-refractivity contribution < 1.29 is 9.90 Å². The van der Waals surface area contributed by atoms with Crippen LogP contribution >= 0.6 is 23.2 Å². The van der Waals surface area contributed by atoms with Crippen molar-refractivity contribution in [1.29, 1.82) is 0 Å². The number of amides is 1. The normalized spacial score (nSPS) is 15.4. The molecule has 5 nitrogen and oxygen atoms in total. The molecule has 3 N–H and O–H groups in total. The lowest BCUT2D eigenvalue weighted by molar-refractivity contribution is -0.127. The molecule has 0 aliphatic carbocycles. The van der Waals surface area contributed by atoms with Crippen LogP contribution in [0, 0.1) is 5.92 Å². The number of carbonyl (C=O) groups is 1. The number of hydrogen-bond donors (Lipinski definition) is 2. The summed E-state index contributed by atoms with van der Waals surface area (Å²) in [6.07, 6.45) is 1.68. The van der Waals surface area contributed by atoms with Crippen molar-refractivity contribution in [3.05, 3.63) is 46.1 Å². The van der Waals surface area contributed by atoms with Gasteiger partial charge in [0, 0.05) is 37.5 Å². The number of phenolic OH excluding ortho intramolecular Hbond substituents is 1. The SMILES string of the molecule is NC(=O)C1CN(Cc2ccnc(-c3cc(Cl)c(Cl)cc3O)c2)C1. The Labute approximate surface area is 143 Å². The number of phenols is 1. The van der Waals surface area contributed by atoms with Crippen LogP contribution in [0.5, 0.6) is 5.75 Å². The molecular formula is C16H15Cl2N3O2. The summed E-state index contributed by atoms with van der Waals surface area (Å²) in [6.45, 7) is 2.04. The number of rotatable bonds is 4. The van der Waals surface area contributed by atoms with Gasteiger partial charge in [0.25, 0.3) is 0 Å². The van der Waals surface area contributed by atoms with Crippen LogP contribution in [-0.2, 0) is 11.3 Å². The lowest BCUT2D eigenvalue weighted by Gasteiger charge is -2.37. The van der Waals surface area contributed by atoms with Gasteiger partial charge in [0.15, 0.2) is 0 Å². The minimum absolute atomic E-state index is 0.0294. The van der Waals surface area contributed by atoms with Crippen molar-refractivity contribution in [2.45, 2.75) is 6.54 Å². The summed E-state index contributed by atoms with van der Waals surface area (Å²) < 4.78 is 0. The van der Waals surface area contributed by atoms with Crippen LogP contribution in [0.25, 0.3) is 11.3 Å². The number of primary amides is 1. The van der Waals surface area contributed by atoms with E-state index in [-0.39, 0.29) is 17.6 Å². The number of pyridine rings is 1. The zero-order valence-electron chi connectivity index (χ0n) is 12.2. The van der Waals surface area contributed by atoms with E-state index in [0.29, 0.717) is 40.9 Å². The fourth-order valence-electron chi connectivity index (χ4n) is 2.60. The second kappa shape index (κ2) is 6.35. The van der Waals surface area contributed by atoms with Crippen LogP contribution in [-0.4, -0.2) is 34.0 Å². The molecule has 0 atom stereocenters. The van der Waals surface area contributed by atoms with Crippen molar-refractivity contribution in [3.8, 4) is 17.0 Å². The second-order valence-corrected chi connectivity index (χ2v) is 6.44. The first-order chi connectivity index (χ1) is 10.9. The molecule has 2 aromatic rings. The number of aromatic nitrogens is 1. The smallest absolute Gasteiger partial charge is 0.223 e. The standard InChI is InChI=1S/C16H15Cl2N3O2/c17-12-4-11(15(22)5-13(12)18)14-3-9(1-2-20-14)6-21-7-10(8-21)16(19)23/h1-5,10,22H,6-8H2,(H2,19,23). The van der Waals surface area contributed by atoms with Crippen molar-refractivity contribution in [3.63, 3.8) is 0 Å². The summed E-state index contributed by atoms with van der Waals surface area (Å²) in [5.41, 5.74) is 7.44. The van der Waals surface area contributed by atoms with Gasteiger partial charge in [-0.25, -0.2) is 0 Å². The number of halogens is 2. The van der Waals surface area contributed by atoms with E-state index in [1.807, 2.05) is 12.1 Å². The largest absolute Gasteiger partial charge is 0.507 e. The van der Waals surface area contributed by atoms with E-state index in [2.05, 4.69) is 9.88 Å². The summed E-state index contributed by atoms with van der Waals surface area (Å²) in [6, 6.07) is 6.78. The highest BCUT2D eigenvalue weighted by molar-refractivity contribution is 6.42. The Bertz CT molecular complexity index is 761. The maximum absolute atomic E-state index is 11.1. The molecule has 1 aromatic heterocycles. The van der Waals surface area contributed by atoms with Gasteiger partial charge in [-0.15, -0.1) is 0 Å². The third-order valence-corrected chi connectivity index (χ3v) is 4.63. The van der Waals surface area contributed by atoms with Crippen LogP contribution in [0.15, 0.2) is 30.5 Å². The van der Waals surface area contributed by atoms with Crippen LogP contribution in [0.2, 0.25) is 10.0 Å². The Hall–Kier alpha value is -1.82. The van der Waals surface area contributed by atoms with E-state index in [0.717, 1.165) is 5.56 Å². The number of hydrogen-bond acceptors (Lipinski definition) is 4. The molecule has 7 heteroatoms. The average molecular weight is 352 g/mol. The molecule has 0 unspecified atom stereocenters. The maximum atomic E-state index is 11.1. The lowest BCUT2D eigenvalue weighted by Crippen LogP contribution is -2.51. The Morgan fingerprint density at radius 2 is 2.00 bits per heavy atom. The average Bonchev–Trinajstić information content (AvgIpc) is 2.46. The number of benzene rings is 1. The second-order valence-electron chi connectivity index (χ2n) is 5.63. The van der Waals surface area contributed by atoms with Gasteiger partial charge >= 0.3 is 0 Å². The van der Waals surface area contributed by atoms with Crippen LogP contribution in [0.4, 0.5) is 0 Å². The predicted molar refractivity (Wildman–Crippen MR) is 89.3 cm³/mol. The molecule has 2 heterocycles. The van der Waals surface area contributed by atoms with Gasteiger partial charge in [-0.2, -0.15) is 0 Å². The molecule has 23 heavy (non-hydrogen) atoms. The number of nitrogens with zero attached hydrogens (tertiary/aromatic N) is 2.